The van der Waals surface area contributed by atoms with Crippen molar-refractivity contribution in [3.63, 3.8) is 0 Å². The van der Waals surface area contributed by atoms with Crippen LogP contribution in [0, 0.1) is 0 Å². The van der Waals surface area contributed by atoms with E-state index in [4.69, 9.17) is 9.47 Å². The van der Waals surface area contributed by atoms with E-state index in [-0.39, 0.29) is 12.2 Å². The van der Waals surface area contributed by atoms with E-state index in [1.807, 2.05) is 27.7 Å². The number of aliphatic imine (C=N–C) groups is 1. The Bertz CT molecular complexity index is 337. The fraction of sp³-hybridized carbons (Fsp3) is 0.846. The average molecular weight is 271 g/mol. The minimum absolute atomic E-state index is 0.111. The van der Waals surface area contributed by atoms with Crippen LogP contribution < -0.4 is 5.32 Å². The number of hydrogen-bond donors (Lipinski definition) is 1. The van der Waals surface area contributed by atoms with Gasteiger partial charge in [0.05, 0.1) is 19.2 Å². The molecule has 6 heteroatoms. The standard InChI is InChI=1S/C13H25N3O3/c1-10(18-5)8-15-11-9-16(7-6-14-11)12(17)19-13(2,3)4/h10H,6-9H2,1-5H3,(H,14,15). The Balaban J connectivity index is 2.45. The molecule has 0 fully saturated rings. The molecule has 6 nitrogen and oxygen atoms in total. The monoisotopic (exact) mass is 271 g/mol. The number of carbonyl (C=O) groups excluding carboxylic acids is 1. The summed E-state index contributed by atoms with van der Waals surface area (Å²) >= 11 is 0. The first-order valence-corrected chi connectivity index (χ1v) is 6.59. The van der Waals surface area contributed by atoms with Gasteiger partial charge in [0.15, 0.2) is 0 Å². The zero-order chi connectivity index (χ0) is 14.5. The molecule has 1 aliphatic heterocycles. The number of methoxy groups -OCH3 is 1. The van der Waals surface area contributed by atoms with E-state index in [0.717, 1.165) is 5.84 Å². The molecule has 0 saturated heterocycles. The van der Waals surface area contributed by atoms with Crippen molar-refractivity contribution in [1.82, 2.24) is 10.2 Å². The highest BCUT2D eigenvalue weighted by Gasteiger charge is 2.24. The summed E-state index contributed by atoms with van der Waals surface area (Å²) in [7, 11) is 1.67. The predicted molar refractivity (Wildman–Crippen MR) is 74.6 cm³/mol. The normalized spacial score (nSPS) is 17.7. The van der Waals surface area contributed by atoms with Crippen LogP contribution in [0.25, 0.3) is 0 Å². The van der Waals surface area contributed by atoms with Crippen molar-refractivity contribution in [2.24, 2.45) is 4.99 Å². The van der Waals surface area contributed by atoms with E-state index in [9.17, 15) is 4.79 Å². The Morgan fingerprint density at radius 2 is 2.21 bits per heavy atom. The van der Waals surface area contributed by atoms with Gasteiger partial charge in [-0.15, -0.1) is 0 Å². The molecule has 0 saturated carbocycles. The van der Waals surface area contributed by atoms with E-state index >= 15 is 0 Å². The summed E-state index contributed by atoms with van der Waals surface area (Å²) in [5, 5.41) is 3.20. The van der Waals surface area contributed by atoms with Crippen molar-refractivity contribution in [3.05, 3.63) is 0 Å². The minimum Gasteiger partial charge on any atom is -0.444 e. The Morgan fingerprint density at radius 3 is 2.79 bits per heavy atom. The molecule has 1 atom stereocenters. The van der Waals surface area contributed by atoms with Gasteiger partial charge in [0.25, 0.3) is 0 Å². The molecule has 19 heavy (non-hydrogen) atoms. The first-order valence-electron chi connectivity index (χ1n) is 6.59. The number of amidine groups is 1. The van der Waals surface area contributed by atoms with Gasteiger partial charge < -0.3 is 14.8 Å². The zero-order valence-corrected chi connectivity index (χ0v) is 12.5. The summed E-state index contributed by atoms with van der Waals surface area (Å²) in [4.78, 5) is 18.0. The summed E-state index contributed by atoms with van der Waals surface area (Å²) in [5.74, 6) is 0.806. The van der Waals surface area contributed by atoms with E-state index in [2.05, 4.69) is 10.3 Å². The van der Waals surface area contributed by atoms with E-state index < -0.39 is 5.60 Å². The minimum atomic E-state index is -0.468. The molecule has 1 unspecified atom stereocenters. The number of ether oxygens (including phenoxy) is 2. The zero-order valence-electron chi connectivity index (χ0n) is 12.5. The summed E-state index contributed by atoms with van der Waals surface area (Å²) in [5.41, 5.74) is -0.468. The lowest BCUT2D eigenvalue weighted by atomic mass is 10.2. The van der Waals surface area contributed by atoms with Crippen molar-refractivity contribution in [3.8, 4) is 0 Å². The molecule has 0 radical (unpaired) electrons. The van der Waals surface area contributed by atoms with Crippen molar-refractivity contribution < 1.29 is 14.3 Å². The second-order valence-corrected chi connectivity index (χ2v) is 5.66. The first-order chi connectivity index (χ1) is 8.81. The van der Waals surface area contributed by atoms with Gasteiger partial charge in [0.2, 0.25) is 0 Å². The van der Waals surface area contributed by atoms with E-state index in [1.165, 1.54) is 0 Å². The lowest BCUT2D eigenvalue weighted by molar-refractivity contribution is 0.0276. The molecule has 110 valence electrons. The molecule has 0 aromatic carbocycles. The largest absolute Gasteiger partial charge is 0.444 e. The molecule has 1 aliphatic rings. The van der Waals surface area contributed by atoms with Crippen LogP contribution in [0.1, 0.15) is 27.7 Å². The van der Waals surface area contributed by atoms with Gasteiger partial charge in [-0.25, -0.2) is 4.79 Å². The van der Waals surface area contributed by atoms with Crippen LogP contribution in [0.3, 0.4) is 0 Å². The lowest BCUT2D eigenvalue weighted by Gasteiger charge is -2.30. The number of nitrogens with one attached hydrogen (secondary N) is 1. The third-order valence-corrected chi connectivity index (χ3v) is 2.66. The van der Waals surface area contributed by atoms with E-state index in [0.29, 0.717) is 26.2 Å². The number of carbonyl (C=O) groups is 1. The molecule has 0 spiro atoms. The van der Waals surface area contributed by atoms with Crippen molar-refractivity contribution in [2.45, 2.75) is 39.4 Å². The fourth-order valence-corrected chi connectivity index (χ4v) is 1.55. The maximum absolute atomic E-state index is 11.9. The summed E-state index contributed by atoms with van der Waals surface area (Å²) < 4.78 is 10.5. The maximum atomic E-state index is 11.9. The lowest BCUT2D eigenvalue weighted by Crippen LogP contribution is -2.48. The van der Waals surface area contributed by atoms with Crippen LogP contribution in [0.4, 0.5) is 4.79 Å². The van der Waals surface area contributed by atoms with Crippen LogP contribution in [0.15, 0.2) is 4.99 Å². The van der Waals surface area contributed by atoms with Crippen LogP contribution >= 0.6 is 0 Å². The fourth-order valence-electron chi connectivity index (χ4n) is 1.55. The Labute approximate surface area is 115 Å². The number of nitrogens with zero attached hydrogens (tertiary/aromatic N) is 2. The second-order valence-electron chi connectivity index (χ2n) is 5.66. The molecular formula is C13H25N3O3. The van der Waals surface area contributed by atoms with Crippen LogP contribution in [0.5, 0.6) is 0 Å². The van der Waals surface area contributed by atoms with Gasteiger partial charge in [-0.3, -0.25) is 9.89 Å². The van der Waals surface area contributed by atoms with Gasteiger partial charge in [0, 0.05) is 20.2 Å². The Kier molecular flexibility index (Phi) is 5.60. The second kappa shape index (κ2) is 6.75. The molecule has 1 heterocycles. The van der Waals surface area contributed by atoms with Crippen molar-refractivity contribution in [1.29, 1.82) is 0 Å². The highest BCUT2D eigenvalue weighted by atomic mass is 16.6. The summed E-state index contributed by atoms with van der Waals surface area (Å²) in [6.07, 6.45) is -0.180. The smallest absolute Gasteiger partial charge is 0.410 e. The van der Waals surface area contributed by atoms with Crippen molar-refractivity contribution in [2.75, 3.05) is 33.3 Å². The van der Waals surface area contributed by atoms with Crippen molar-refractivity contribution >= 4 is 11.9 Å². The van der Waals surface area contributed by atoms with Gasteiger partial charge >= 0.3 is 6.09 Å². The molecule has 0 aliphatic carbocycles. The Hall–Kier alpha value is -1.30. The van der Waals surface area contributed by atoms with Gasteiger partial charge in [-0.2, -0.15) is 0 Å². The first kappa shape index (κ1) is 15.8. The highest BCUT2D eigenvalue weighted by Crippen LogP contribution is 2.10. The third-order valence-electron chi connectivity index (χ3n) is 2.66. The predicted octanol–water partition coefficient (Wildman–Crippen LogP) is 1.26. The maximum Gasteiger partial charge on any atom is 0.410 e. The van der Waals surface area contributed by atoms with Gasteiger partial charge in [0.1, 0.15) is 11.4 Å². The molecular weight excluding hydrogens is 246 g/mol. The molecule has 1 N–H and O–H groups in total. The van der Waals surface area contributed by atoms with E-state index in [1.54, 1.807) is 12.0 Å². The van der Waals surface area contributed by atoms with Crippen LogP contribution in [-0.4, -0.2) is 61.8 Å². The molecule has 1 rings (SSSR count). The molecule has 0 aromatic rings. The number of amides is 1. The Morgan fingerprint density at radius 1 is 1.53 bits per heavy atom. The highest BCUT2D eigenvalue weighted by molar-refractivity contribution is 5.87. The number of rotatable bonds is 3. The quantitative estimate of drug-likeness (QED) is 0.839. The molecule has 0 aromatic heterocycles. The molecule has 0 bridgehead atoms. The summed E-state index contributed by atoms with van der Waals surface area (Å²) in [6, 6.07) is 0. The van der Waals surface area contributed by atoms with Crippen LogP contribution in [-0.2, 0) is 9.47 Å². The van der Waals surface area contributed by atoms with Gasteiger partial charge in [-0.05, 0) is 27.7 Å². The van der Waals surface area contributed by atoms with Crippen LogP contribution in [0.2, 0.25) is 0 Å². The number of hydrogen-bond acceptors (Lipinski definition) is 5. The topological polar surface area (TPSA) is 63.2 Å². The third kappa shape index (κ3) is 5.92. The summed E-state index contributed by atoms with van der Waals surface area (Å²) in [6.45, 7) is 9.90. The SMILES string of the molecule is COC(C)CNC1=NCCN(C(=O)OC(C)(C)C)C1. The molecule has 1 amide bonds. The van der Waals surface area contributed by atoms with Gasteiger partial charge in [-0.1, -0.05) is 0 Å². The average Bonchev–Trinajstić information content (AvgIpc) is 2.34.